The first kappa shape index (κ1) is 17.9. The summed E-state index contributed by atoms with van der Waals surface area (Å²) in [5.74, 6) is -1.11. The summed E-state index contributed by atoms with van der Waals surface area (Å²) in [6, 6.07) is -0.375. The first-order valence-corrected chi connectivity index (χ1v) is 6.62. The summed E-state index contributed by atoms with van der Waals surface area (Å²) in [7, 11) is 0. The lowest BCUT2D eigenvalue weighted by Gasteiger charge is -2.16. The van der Waals surface area contributed by atoms with Gasteiger partial charge in [0, 0.05) is 12.5 Å². The second kappa shape index (κ2) is 8.12. The van der Waals surface area contributed by atoms with Crippen molar-refractivity contribution in [2.24, 2.45) is 5.73 Å². The highest BCUT2D eigenvalue weighted by Crippen LogP contribution is 2.12. The topological polar surface area (TPSA) is 113 Å². The van der Waals surface area contributed by atoms with Gasteiger partial charge in [0.25, 0.3) is 0 Å². The zero-order valence-corrected chi connectivity index (χ0v) is 12.0. The third-order valence-corrected chi connectivity index (χ3v) is 2.74. The van der Waals surface area contributed by atoms with E-state index >= 15 is 0 Å². The number of carbonyl (C=O) groups is 2. The molecule has 2 atom stereocenters. The van der Waals surface area contributed by atoms with Crippen LogP contribution in [-0.4, -0.2) is 39.8 Å². The molecule has 0 spiro atoms. The largest absolute Gasteiger partial charge is 0.480 e. The number of hydrogen-bond acceptors (Lipinski definition) is 4. The van der Waals surface area contributed by atoms with E-state index in [2.05, 4.69) is 5.32 Å². The quantitative estimate of drug-likeness (QED) is 0.587. The molecule has 0 aromatic heterocycles. The zero-order chi connectivity index (χ0) is 15.1. The summed E-state index contributed by atoms with van der Waals surface area (Å²) in [4.78, 5) is 20.5. The molecule has 0 bridgehead atoms. The number of nitrogens with one attached hydrogen (secondary N) is 1. The van der Waals surface area contributed by atoms with E-state index in [-0.39, 0.29) is 11.9 Å². The van der Waals surface area contributed by atoms with Crippen molar-refractivity contribution < 1.29 is 19.8 Å². The molecule has 1 fully saturated rings. The Bertz CT molecular complexity index is 298. The standard InChI is InChI=1S/C8H19NO.C5H7NO3/c1-7(9)5-4-6-8(2,3)10;7-4-2-1-3(6-4)5(8)9/h7,10H,4-6,9H2,1-3H3;3H,1-2H2,(H,6,7)(H,8,9). The lowest BCUT2D eigenvalue weighted by atomic mass is 10.0. The number of carboxylic acids is 1. The number of nitrogens with two attached hydrogens (primary N) is 1. The van der Waals surface area contributed by atoms with E-state index in [1.54, 1.807) is 0 Å². The minimum atomic E-state index is -0.944. The summed E-state index contributed by atoms with van der Waals surface area (Å²) in [6.07, 6.45) is 3.63. The van der Waals surface area contributed by atoms with Crippen LogP contribution in [0.3, 0.4) is 0 Å². The van der Waals surface area contributed by atoms with Gasteiger partial charge in [-0.2, -0.15) is 0 Å². The predicted octanol–water partition coefficient (Wildman–Crippen LogP) is 0.624. The van der Waals surface area contributed by atoms with Gasteiger partial charge < -0.3 is 21.3 Å². The molecule has 1 heterocycles. The SMILES string of the molecule is CC(N)CCCC(C)(C)O.O=C1CCC(C(=O)O)N1. The van der Waals surface area contributed by atoms with Crippen molar-refractivity contribution in [3.63, 3.8) is 0 Å². The van der Waals surface area contributed by atoms with Crippen LogP contribution in [0.2, 0.25) is 0 Å². The van der Waals surface area contributed by atoms with Gasteiger partial charge in [0.15, 0.2) is 0 Å². The molecule has 1 amide bonds. The number of aliphatic hydroxyl groups is 1. The Morgan fingerprint density at radius 2 is 2.16 bits per heavy atom. The second-order valence-corrected chi connectivity index (χ2v) is 5.68. The van der Waals surface area contributed by atoms with E-state index in [0.29, 0.717) is 12.8 Å². The van der Waals surface area contributed by atoms with E-state index in [1.807, 2.05) is 20.8 Å². The lowest BCUT2D eigenvalue weighted by molar-refractivity contribution is -0.140. The van der Waals surface area contributed by atoms with Crippen molar-refractivity contribution in [1.82, 2.24) is 5.32 Å². The number of hydrogen-bond donors (Lipinski definition) is 4. The van der Waals surface area contributed by atoms with Gasteiger partial charge in [-0.15, -0.1) is 0 Å². The minimum Gasteiger partial charge on any atom is -0.480 e. The lowest BCUT2D eigenvalue weighted by Crippen LogP contribution is -2.32. The molecule has 5 N–H and O–H groups in total. The Morgan fingerprint density at radius 1 is 1.58 bits per heavy atom. The van der Waals surface area contributed by atoms with Gasteiger partial charge in [0.05, 0.1) is 5.60 Å². The van der Waals surface area contributed by atoms with Gasteiger partial charge in [-0.25, -0.2) is 4.79 Å². The highest BCUT2D eigenvalue weighted by molar-refractivity contribution is 5.87. The maximum Gasteiger partial charge on any atom is 0.326 e. The van der Waals surface area contributed by atoms with E-state index < -0.39 is 17.6 Å². The minimum absolute atomic E-state index is 0.164. The van der Waals surface area contributed by atoms with Crippen LogP contribution < -0.4 is 11.1 Å². The van der Waals surface area contributed by atoms with E-state index in [9.17, 15) is 14.7 Å². The number of carbonyl (C=O) groups excluding carboxylic acids is 1. The van der Waals surface area contributed by atoms with Crippen LogP contribution in [0.5, 0.6) is 0 Å². The van der Waals surface area contributed by atoms with Crippen molar-refractivity contribution in [1.29, 1.82) is 0 Å². The van der Waals surface area contributed by atoms with Gasteiger partial charge in [0.1, 0.15) is 6.04 Å². The van der Waals surface area contributed by atoms with Crippen LogP contribution in [-0.2, 0) is 9.59 Å². The Morgan fingerprint density at radius 3 is 2.42 bits per heavy atom. The van der Waals surface area contributed by atoms with Crippen LogP contribution in [0.4, 0.5) is 0 Å². The molecule has 0 radical (unpaired) electrons. The number of amides is 1. The average Bonchev–Trinajstić information content (AvgIpc) is 2.63. The van der Waals surface area contributed by atoms with Crippen LogP contribution in [0.15, 0.2) is 0 Å². The molecular weight excluding hydrogens is 248 g/mol. The fraction of sp³-hybridized carbons (Fsp3) is 0.846. The normalized spacial score (nSPS) is 20.3. The molecule has 6 heteroatoms. The Labute approximate surface area is 114 Å². The Hall–Kier alpha value is -1.14. The van der Waals surface area contributed by atoms with E-state index in [4.69, 9.17) is 10.8 Å². The first-order valence-electron chi connectivity index (χ1n) is 6.62. The summed E-state index contributed by atoms with van der Waals surface area (Å²) in [5.41, 5.74) is 5.02. The Balaban J connectivity index is 0.000000342. The van der Waals surface area contributed by atoms with Crippen LogP contribution in [0.25, 0.3) is 0 Å². The summed E-state index contributed by atoms with van der Waals surface area (Å²) < 4.78 is 0. The first-order chi connectivity index (χ1) is 8.61. The molecule has 1 rings (SSSR count). The molecule has 112 valence electrons. The molecule has 2 unspecified atom stereocenters. The number of rotatable bonds is 5. The molecular formula is C13H26N2O4. The van der Waals surface area contributed by atoms with Crippen molar-refractivity contribution in [2.45, 2.75) is 70.6 Å². The fourth-order valence-corrected chi connectivity index (χ4v) is 1.66. The van der Waals surface area contributed by atoms with Crippen molar-refractivity contribution in [2.75, 3.05) is 0 Å². The maximum atomic E-state index is 10.4. The zero-order valence-electron chi connectivity index (χ0n) is 12.0. The number of carboxylic acid groups (broad SMARTS) is 1. The predicted molar refractivity (Wildman–Crippen MR) is 72.6 cm³/mol. The van der Waals surface area contributed by atoms with Gasteiger partial charge in [-0.3, -0.25) is 4.79 Å². The highest BCUT2D eigenvalue weighted by Gasteiger charge is 2.26. The molecule has 6 nitrogen and oxygen atoms in total. The third-order valence-electron chi connectivity index (χ3n) is 2.74. The third kappa shape index (κ3) is 10.5. The monoisotopic (exact) mass is 274 g/mol. The van der Waals surface area contributed by atoms with Crippen LogP contribution in [0, 0.1) is 0 Å². The van der Waals surface area contributed by atoms with Gasteiger partial charge in [-0.05, 0) is 46.5 Å². The summed E-state index contributed by atoms with van der Waals surface area (Å²) in [5, 5.41) is 19.9. The van der Waals surface area contributed by atoms with Crippen molar-refractivity contribution in [3.8, 4) is 0 Å². The van der Waals surface area contributed by atoms with Gasteiger partial charge in [0.2, 0.25) is 5.91 Å². The molecule has 1 saturated heterocycles. The van der Waals surface area contributed by atoms with Gasteiger partial charge in [-0.1, -0.05) is 0 Å². The Kier molecular flexibility index (Phi) is 7.63. The molecule has 0 saturated carbocycles. The molecule has 0 aromatic rings. The number of aliphatic carboxylic acids is 1. The maximum absolute atomic E-state index is 10.4. The highest BCUT2D eigenvalue weighted by atomic mass is 16.4. The van der Waals surface area contributed by atoms with Gasteiger partial charge >= 0.3 is 5.97 Å². The average molecular weight is 274 g/mol. The molecule has 1 aliphatic heterocycles. The van der Waals surface area contributed by atoms with E-state index in [0.717, 1.165) is 19.3 Å². The summed E-state index contributed by atoms with van der Waals surface area (Å²) >= 11 is 0. The molecule has 0 aliphatic carbocycles. The second-order valence-electron chi connectivity index (χ2n) is 5.68. The molecule has 0 aromatic carbocycles. The fourth-order valence-electron chi connectivity index (χ4n) is 1.66. The molecule has 1 aliphatic rings. The molecule has 19 heavy (non-hydrogen) atoms. The summed E-state index contributed by atoms with van der Waals surface area (Å²) in [6.45, 7) is 5.65. The van der Waals surface area contributed by atoms with Crippen LogP contribution >= 0.6 is 0 Å². The van der Waals surface area contributed by atoms with Crippen molar-refractivity contribution in [3.05, 3.63) is 0 Å². The van der Waals surface area contributed by atoms with E-state index in [1.165, 1.54) is 0 Å². The van der Waals surface area contributed by atoms with Crippen LogP contribution in [0.1, 0.15) is 52.9 Å². The smallest absolute Gasteiger partial charge is 0.326 e. The van der Waals surface area contributed by atoms with Crippen molar-refractivity contribution >= 4 is 11.9 Å².